The lowest BCUT2D eigenvalue weighted by Crippen LogP contribution is -2.75. The lowest BCUT2D eigenvalue weighted by Gasteiger charge is -2.48. The minimum absolute atomic E-state index is 0.478. The van der Waals surface area contributed by atoms with Crippen LogP contribution < -0.4 is 10.4 Å². The van der Waals surface area contributed by atoms with Gasteiger partial charge < -0.3 is 35.1 Å². The molecule has 0 aromatic heterocycles. The van der Waals surface area contributed by atoms with Gasteiger partial charge in [-0.15, -0.1) is 0 Å². The van der Waals surface area contributed by atoms with Crippen LogP contribution in [0.4, 0.5) is 0 Å². The van der Waals surface area contributed by atoms with Crippen molar-refractivity contribution in [3.63, 3.8) is 0 Å². The zero-order valence-corrected chi connectivity index (χ0v) is 42.8. The minimum Gasteiger partial charge on any atom is -0.413 e. The summed E-state index contributed by atoms with van der Waals surface area (Å²) in [5, 5.41) is 2.01. The molecule has 0 amide bonds. The molecule has 10 atom stereocenters. The second kappa shape index (κ2) is 17.6. The van der Waals surface area contributed by atoms with E-state index in [0.29, 0.717) is 54.4 Å². The number of fused-ring (bicyclic) bond motifs is 3. The van der Waals surface area contributed by atoms with E-state index in [1.807, 2.05) is 0 Å². The van der Waals surface area contributed by atoms with Crippen molar-refractivity contribution in [3.05, 3.63) is 60.7 Å². The maximum absolute atomic E-state index is 8.16. The topological polar surface area (TPSA) is 83.7 Å². The van der Waals surface area contributed by atoms with E-state index in [4.69, 9.17) is 35.1 Å². The summed E-state index contributed by atoms with van der Waals surface area (Å²) in [5.74, 6) is 2.04. The monoisotopic (exact) mass is 896 g/mol. The molecule has 328 valence electrons. The highest BCUT2D eigenvalue weighted by Gasteiger charge is 2.62. The van der Waals surface area contributed by atoms with E-state index >= 15 is 0 Å². The molecule has 3 aliphatic heterocycles. The molecule has 3 heterocycles. The summed E-state index contributed by atoms with van der Waals surface area (Å²) in [6, 6.07) is 24.6. The third kappa shape index (κ3) is 12.1. The van der Waals surface area contributed by atoms with Crippen LogP contribution >= 0.6 is 0 Å². The van der Waals surface area contributed by atoms with Crippen LogP contribution in [-0.2, 0) is 35.1 Å². The molecule has 8 rings (SSSR count). The normalized spacial score (nSPS) is 32.5. The standard InChI is InChI=1S/C46H76O8Si5/c1-46(2,3)50-58(38-16-12-10-13-17-38,51-55(4,5)29-26-35-20-23-40-43(32-35)47-40)54-59(39-18-14-11-15-19-39,52-56(6,7)30-27-36-21-24-41-44(33-36)48-41)53-57(8,9)31-28-37-22-25-42-45(34-37)49-42/h10-19,35-37,40-45H,20-34H2,1-9H3. The fourth-order valence-electron chi connectivity index (χ4n) is 10.5. The Labute approximate surface area is 362 Å². The Kier molecular flexibility index (Phi) is 13.4. The summed E-state index contributed by atoms with van der Waals surface area (Å²) in [6.07, 6.45) is 17.3. The molecule has 13 heteroatoms. The quantitative estimate of drug-likeness (QED) is 0.0960. The summed E-state index contributed by atoms with van der Waals surface area (Å²) >= 11 is 0. The van der Waals surface area contributed by atoms with E-state index in [0.717, 1.165) is 47.8 Å². The van der Waals surface area contributed by atoms with Crippen LogP contribution in [0.25, 0.3) is 0 Å². The van der Waals surface area contributed by atoms with Crippen LogP contribution in [0.1, 0.15) is 97.8 Å². The molecule has 0 N–H and O–H groups in total. The average Bonchev–Trinajstić information content (AvgIpc) is 4.07. The molecule has 59 heavy (non-hydrogen) atoms. The fourth-order valence-corrected chi connectivity index (χ4v) is 32.2. The predicted molar refractivity (Wildman–Crippen MR) is 248 cm³/mol. The summed E-state index contributed by atoms with van der Waals surface area (Å²) in [6.45, 7) is 20.8. The van der Waals surface area contributed by atoms with Crippen molar-refractivity contribution >= 4 is 52.9 Å². The van der Waals surface area contributed by atoms with Gasteiger partial charge in [0.1, 0.15) is 0 Å². The molecule has 0 radical (unpaired) electrons. The van der Waals surface area contributed by atoms with Crippen LogP contribution in [0.5, 0.6) is 0 Å². The fraction of sp³-hybridized carbons (Fsp3) is 0.739. The summed E-state index contributed by atoms with van der Waals surface area (Å²) in [4.78, 5) is 0. The van der Waals surface area contributed by atoms with Crippen molar-refractivity contribution in [2.45, 2.75) is 197 Å². The van der Waals surface area contributed by atoms with E-state index in [1.165, 1.54) is 57.8 Å². The first kappa shape index (κ1) is 44.8. The second-order valence-corrected chi connectivity index (χ2v) is 40.9. The smallest absolute Gasteiger partial charge is 0.413 e. The van der Waals surface area contributed by atoms with Gasteiger partial charge in [-0.25, -0.2) is 0 Å². The van der Waals surface area contributed by atoms with Gasteiger partial charge in [-0.05, 0) is 154 Å². The average molecular weight is 898 g/mol. The zero-order chi connectivity index (χ0) is 41.7. The maximum atomic E-state index is 8.16. The van der Waals surface area contributed by atoms with Crippen molar-refractivity contribution in [2.24, 2.45) is 17.8 Å². The Balaban J connectivity index is 1.16. The highest BCUT2D eigenvalue weighted by molar-refractivity contribution is 6.98. The number of ether oxygens (including phenoxy) is 3. The van der Waals surface area contributed by atoms with Gasteiger partial charge in [-0.1, -0.05) is 79.9 Å². The van der Waals surface area contributed by atoms with Gasteiger partial charge in [0.05, 0.1) is 42.2 Å². The first-order valence-corrected chi connectivity index (χ1v) is 36.3. The first-order valence-electron chi connectivity index (χ1n) is 23.5. The summed E-state index contributed by atoms with van der Waals surface area (Å²) in [7, 11) is -14.9. The molecule has 3 saturated carbocycles. The van der Waals surface area contributed by atoms with Gasteiger partial charge in [0, 0.05) is 10.4 Å². The third-order valence-electron chi connectivity index (χ3n) is 14.0. The Hall–Kier alpha value is -0.796. The van der Waals surface area contributed by atoms with Crippen LogP contribution in [0.3, 0.4) is 0 Å². The van der Waals surface area contributed by atoms with Gasteiger partial charge in [0.25, 0.3) is 0 Å². The van der Waals surface area contributed by atoms with Crippen molar-refractivity contribution < 1.29 is 35.1 Å². The first-order chi connectivity index (χ1) is 27.9. The highest BCUT2D eigenvalue weighted by Crippen LogP contribution is 2.45. The molecular weight excluding hydrogens is 821 g/mol. The zero-order valence-electron chi connectivity index (χ0n) is 37.8. The third-order valence-corrected chi connectivity index (χ3v) is 33.4. The molecule has 10 unspecified atom stereocenters. The number of benzene rings is 2. The lowest BCUT2D eigenvalue weighted by molar-refractivity contribution is 0.0469. The molecule has 3 aliphatic carbocycles. The molecule has 8 nitrogen and oxygen atoms in total. The number of rotatable bonds is 20. The number of epoxide rings is 3. The van der Waals surface area contributed by atoms with Crippen LogP contribution in [0, 0.1) is 17.8 Å². The SMILES string of the molecule is CC(C)(C)O[Si](O[Si](C)(C)CCC1CCC2OC2C1)(O[Si](O[Si](C)(C)CCC1CCC2OC2C1)(O[Si](C)(C)CCC1CCC2OC2C1)c1ccccc1)c1ccccc1. The minimum atomic E-state index is -3.81. The van der Waals surface area contributed by atoms with Crippen LogP contribution in [0.15, 0.2) is 60.7 Å². The van der Waals surface area contributed by atoms with E-state index < -0.39 is 48.2 Å². The molecule has 2 aromatic carbocycles. The molecule has 6 aliphatic rings. The van der Waals surface area contributed by atoms with Crippen molar-refractivity contribution in [3.8, 4) is 0 Å². The Morgan fingerprint density at radius 1 is 0.458 bits per heavy atom. The number of hydrogen-bond acceptors (Lipinski definition) is 8. The largest absolute Gasteiger partial charge is 0.520 e. The summed E-state index contributed by atoms with van der Waals surface area (Å²) < 4.78 is 57.3. The van der Waals surface area contributed by atoms with Gasteiger partial charge in [0.2, 0.25) is 0 Å². The Bertz CT molecular complexity index is 1650. The van der Waals surface area contributed by atoms with Crippen LogP contribution in [0.2, 0.25) is 57.4 Å². The number of hydrogen-bond donors (Lipinski definition) is 0. The second-order valence-electron chi connectivity index (χ2n) is 22.0. The molecule has 0 spiro atoms. The van der Waals surface area contributed by atoms with Crippen molar-refractivity contribution in [1.29, 1.82) is 0 Å². The Morgan fingerprint density at radius 2 is 0.797 bits per heavy atom. The molecule has 2 aromatic rings. The van der Waals surface area contributed by atoms with Crippen molar-refractivity contribution in [1.82, 2.24) is 0 Å². The van der Waals surface area contributed by atoms with Gasteiger partial charge in [-0.3, -0.25) is 0 Å². The van der Waals surface area contributed by atoms with E-state index in [2.05, 4.69) is 121 Å². The predicted octanol–water partition coefficient (Wildman–Crippen LogP) is 10.0. The molecule has 3 saturated heterocycles. The molecular formula is C46H76O8Si5. The lowest BCUT2D eigenvalue weighted by atomic mass is 9.88. The van der Waals surface area contributed by atoms with Gasteiger partial charge in [0.15, 0.2) is 25.0 Å². The molecule has 0 bridgehead atoms. The van der Waals surface area contributed by atoms with E-state index in [9.17, 15) is 0 Å². The van der Waals surface area contributed by atoms with Crippen LogP contribution in [-0.4, -0.2) is 84.8 Å². The van der Waals surface area contributed by atoms with Crippen molar-refractivity contribution in [2.75, 3.05) is 0 Å². The molecule has 6 fully saturated rings. The van der Waals surface area contributed by atoms with Gasteiger partial charge >= 0.3 is 17.6 Å². The Morgan fingerprint density at radius 3 is 1.14 bits per heavy atom. The highest BCUT2D eigenvalue weighted by atomic mass is 28.5. The van der Waals surface area contributed by atoms with E-state index in [-0.39, 0.29) is 0 Å². The summed E-state index contributed by atoms with van der Waals surface area (Å²) in [5.41, 5.74) is -0.557. The van der Waals surface area contributed by atoms with E-state index in [1.54, 1.807) is 0 Å². The van der Waals surface area contributed by atoms with Gasteiger partial charge in [-0.2, -0.15) is 0 Å². The maximum Gasteiger partial charge on any atom is 0.520 e.